The molecule has 0 bridgehead atoms. The van der Waals surface area contributed by atoms with E-state index in [1.54, 1.807) is 6.92 Å². The molecule has 0 aliphatic rings. The molecule has 0 radical (unpaired) electrons. The molecular formula is C7H8N6O. The standard InChI is InChI=1S/C7H8N6O/c1-3-5(8)10-6(11-7(3)14)4-2-9-13-12-4/h2H,1H3,(H,9,12,13)(H3,8,10,11,14). The van der Waals surface area contributed by atoms with E-state index < -0.39 is 0 Å². The van der Waals surface area contributed by atoms with Gasteiger partial charge < -0.3 is 10.7 Å². The molecule has 0 saturated carbocycles. The summed E-state index contributed by atoms with van der Waals surface area (Å²) in [6, 6.07) is 0. The first kappa shape index (κ1) is 8.42. The van der Waals surface area contributed by atoms with Gasteiger partial charge in [-0.2, -0.15) is 15.4 Å². The van der Waals surface area contributed by atoms with Crippen LogP contribution >= 0.6 is 0 Å². The molecule has 2 aromatic heterocycles. The molecule has 0 spiro atoms. The summed E-state index contributed by atoms with van der Waals surface area (Å²) in [6.45, 7) is 1.60. The van der Waals surface area contributed by atoms with Gasteiger partial charge in [0.1, 0.15) is 11.5 Å². The molecule has 2 heterocycles. The van der Waals surface area contributed by atoms with Gasteiger partial charge >= 0.3 is 0 Å². The van der Waals surface area contributed by atoms with Crippen LogP contribution in [-0.2, 0) is 0 Å². The molecule has 4 N–H and O–H groups in total. The van der Waals surface area contributed by atoms with E-state index in [-0.39, 0.29) is 11.4 Å². The molecule has 0 aromatic carbocycles. The highest BCUT2D eigenvalue weighted by molar-refractivity contribution is 5.51. The zero-order valence-corrected chi connectivity index (χ0v) is 7.40. The molecule has 2 rings (SSSR count). The topological polar surface area (TPSA) is 113 Å². The molecule has 2 aromatic rings. The monoisotopic (exact) mass is 192 g/mol. The van der Waals surface area contributed by atoms with E-state index in [4.69, 9.17) is 5.73 Å². The third-order valence-electron chi connectivity index (χ3n) is 1.85. The summed E-state index contributed by atoms with van der Waals surface area (Å²) < 4.78 is 0. The van der Waals surface area contributed by atoms with Gasteiger partial charge in [-0.15, -0.1) is 0 Å². The molecule has 0 saturated heterocycles. The fraction of sp³-hybridized carbons (Fsp3) is 0.143. The Morgan fingerprint density at radius 1 is 1.50 bits per heavy atom. The molecule has 0 unspecified atom stereocenters. The van der Waals surface area contributed by atoms with Crippen molar-refractivity contribution >= 4 is 5.82 Å². The summed E-state index contributed by atoms with van der Waals surface area (Å²) in [7, 11) is 0. The summed E-state index contributed by atoms with van der Waals surface area (Å²) in [6.07, 6.45) is 1.45. The van der Waals surface area contributed by atoms with Crippen molar-refractivity contribution in [2.45, 2.75) is 6.92 Å². The summed E-state index contributed by atoms with van der Waals surface area (Å²) >= 11 is 0. The van der Waals surface area contributed by atoms with Crippen molar-refractivity contribution in [2.24, 2.45) is 0 Å². The number of H-pyrrole nitrogens is 2. The number of nitrogens with two attached hydrogens (primary N) is 1. The Bertz CT molecular complexity index is 499. The fourth-order valence-corrected chi connectivity index (χ4v) is 0.987. The van der Waals surface area contributed by atoms with E-state index in [1.165, 1.54) is 6.20 Å². The van der Waals surface area contributed by atoms with E-state index in [0.717, 1.165) is 0 Å². The quantitative estimate of drug-likeness (QED) is 0.560. The van der Waals surface area contributed by atoms with Crippen LogP contribution in [0.4, 0.5) is 5.82 Å². The Morgan fingerprint density at radius 3 is 2.86 bits per heavy atom. The van der Waals surface area contributed by atoms with Gasteiger partial charge in [-0.1, -0.05) is 0 Å². The maximum Gasteiger partial charge on any atom is 0.256 e. The van der Waals surface area contributed by atoms with Crippen LogP contribution in [0.2, 0.25) is 0 Å². The van der Waals surface area contributed by atoms with Gasteiger partial charge in [0, 0.05) is 0 Å². The van der Waals surface area contributed by atoms with E-state index in [9.17, 15) is 4.79 Å². The van der Waals surface area contributed by atoms with Gasteiger partial charge in [-0.05, 0) is 6.92 Å². The van der Waals surface area contributed by atoms with Crippen molar-refractivity contribution < 1.29 is 0 Å². The van der Waals surface area contributed by atoms with Crippen LogP contribution < -0.4 is 11.3 Å². The average Bonchev–Trinajstić information content (AvgIpc) is 2.66. The summed E-state index contributed by atoms with van der Waals surface area (Å²) in [5.74, 6) is 0.513. The van der Waals surface area contributed by atoms with E-state index in [1.807, 2.05) is 0 Å². The molecule has 0 atom stereocenters. The molecule has 0 aliphatic heterocycles. The molecule has 7 heteroatoms. The van der Waals surface area contributed by atoms with Gasteiger partial charge in [0.25, 0.3) is 5.56 Å². The Morgan fingerprint density at radius 2 is 2.29 bits per heavy atom. The number of hydrogen-bond acceptors (Lipinski definition) is 5. The zero-order valence-electron chi connectivity index (χ0n) is 7.40. The molecule has 0 aliphatic carbocycles. The largest absolute Gasteiger partial charge is 0.383 e. The normalized spacial score (nSPS) is 10.4. The van der Waals surface area contributed by atoms with Crippen molar-refractivity contribution in [3.63, 3.8) is 0 Å². The van der Waals surface area contributed by atoms with Crippen molar-refractivity contribution in [3.8, 4) is 11.5 Å². The molecule has 14 heavy (non-hydrogen) atoms. The third-order valence-corrected chi connectivity index (χ3v) is 1.85. The van der Waals surface area contributed by atoms with Crippen molar-refractivity contribution in [1.82, 2.24) is 25.4 Å². The second kappa shape index (κ2) is 2.95. The predicted molar refractivity (Wildman–Crippen MR) is 49.4 cm³/mol. The molecular weight excluding hydrogens is 184 g/mol. The summed E-state index contributed by atoms with van der Waals surface area (Å²) in [5.41, 5.74) is 6.12. The SMILES string of the molecule is Cc1c(N)nc(-c2cn[nH]n2)[nH]c1=O. The van der Waals surface area contributed by atoms with Crippen molar-refractivity contribution in [2.75, 3.05) is 5.73 Å². The highest BCUT2D eigenvalue weighted by Crippen LogP contribution is 2.09. The number of nitrogen functional groups attached to an aromatic ring is 1. The number of anilines is 1. The van der Waals surface area contributed by atoms with Crippen LogP contribution in [-0.4, -0.2) is 25.4 Å². The highest BCUT2D eigenvalue weighted by Gasteiger charge is 2.07. The Balaban J connectivity index is 2.63. The van der Waals surface area contributed by atoms with Crippen LogP contribution in [0.1, 0.15) is 5.56 Å². The van der Waals surface area contributed by atoms with Crippen LogP contribution in [0.15, 0.2) is 11.0 Å². The van der Waals surface area contributed by atoms with Gasteiger partial charge in [-0.3, -0.25) is 4.79 Å². The van der Waals surface area contributed by atoms with Crippen LogP contribution in [0.25, 0.3) is 11.5 Å². The maximum absolute atomic E-state index is 11.3. The minimum Gasteiger partial charge on any atom is -0.383 e. The van der Waals surface area contributed by atoms with Gasteiger partial charge in [-0.25, -0.2) is 4.98 Å². The van der Waals surface area contributed by atoms with Crippen LogP contribution in [0, 0.1) is 6.92 Å². The smallest absolute Gasteiger partial charge is 0.256 e. The Hall–Kier alpha value is -2.18. The van der Waals surface area contributed by atoms with Crippen molar-refractivity contribution in [3.05, 3.63) is 22.1 Å². The number of rotatable bonds is 1. The second-order valence-corrected chi connectivity index (χ2v) is 2.78. The predicted octanol–water partition coefficient (Wildman–Crippen LogP) is -0.554. The third kappa shape index (κ3) is 1.24. The minimum atomic E-state index is -0.268. The van der Waals surface area contributed by atoms with Crippen LogP contribution in [0.5, 0.6) is 0 Å². The van der Waals surface area contributed by atoms with Gasteiger partial charge in [0.2, 0.25) is 0 Å². The number of aromatic amines is 2. The van der Waals surface area contributed by atoms with E-state index in [0.29, 0.717) is 17.1 Å². The van der Waals surface area contributed by atoms with E-state index in [2.05, 4.69) is 25.4 Å². The first-order valence-corrected chi connectivity index (χ1v) is 3.91. The van der Waals surface area contributed by atoms with Crippen LogP contribution in [0.3, 0.4) is 0 Å². The lowest BCUT2D eigenvalue weighted by atomic mass is 10.3. The lowest BCUT2D eigenvalue weighted by Crippen LogP contribution is -2.15. The molecule has 7 nitrogen and oxygen atoms in total. The molecule has 0 fully saturated rings. The van der Waals surface area contributed by atoms with Crippen molar-refractivity contribution in [1.29, 1.82) is 0 Å². The Labute approximate surface area is 78.4 Å². The van der Waals surface area contributed by atoms with E-state index >= 15 is 0 Å². The lowest BCUT2D eigenvalue weighted by molar-refractivity contribution is 0.937. The second-order valence-electron chi connectivity index (χ2n) is 2.78. The number of aromatic nitrogens is 5. The maximum atomic E-state index is 11.3. The van der Waals surface area contributed by atoms with Gasteiger partial charge in [0.05, 0.1) is 11.8 Å². The first-order chi connectivity index (χ1) is 6.68. The first-order valence-electron chi connectivity index (χ1n) is 3.91. The minimum absolute atomic E-state index is 0.201. The summed E-state index contributed by atoms with van der Waals surface area (Å²) in [5, 5.41) is 9.79. The van der Waals surface area contributed by atoms with Gasteiger partial charge in [0.15, 0.2) is 5.82 Å². The lowest BCUT2D eigenvalue weighted by Gasteiger charge is -1.99. The highest BCUT2D eigenvalue weighted by atomic mass is 16.1. The number of hydrogen-bond donors (Lipinski definition) is 3. The Kier molecular flexibility index (Phi) is 1.77. The summed E-state index contributed by atoms with van der Waals surface area (Å²) in [4.78, 5) is 17.8. The average molecular weight is 192 g/mol. The number of nitrogens with zero attached hydrogens (tertiary/aromatic N) is 3. The molecule has 72 valence electrons. The molecule has 0 amide bonds. The zero-order chi connectivity index (χ0) is 10.1. The fourth-order valence-electron chi connectivity index (χ4n) is 0.987. The number of nitrogens with one attached hydrogen (secondary N) is 2.